The summed E-state index contributed by atoms with van der Waals surface area (Å²) >= 11 is 0. The summed E-state index contributed by atoms with van der Waals surface area (Å²) in [7, 11) is -1.79. The molecule has 0 amide bonds. The Bertz CT molecular complexity index is 558. The summed E-state index contributed by atoms with van der Waals surface area (Å²) in [4.78, 5) is 0.315. The zero-order chi connectivity index (χ0) is 15.9. The monoisotopic (exact) mass is 301 g/mol. The van der Waals surface area contributed by atoms with Crippen LogP contribution in [0.15, 0.2) is 11.1 Å². The van der Waals surface area contributed by atoms with Crippen molar-refractivity contribution in [1.82, 2.24) is 14.1 Å². The molecule has 0 aliphatic rings. The highest BCUT2D eigenvalue weighted by atomic mass is 32.2. The number of nitrogens with zero attached hydrogens (tertiary/aromatic N) is 3. The molecule has 0 bridgehead atoms. The van der Waals surface area contributed by atoms with Crippen LogP contribution in [0.1, 0.15) is 54.2 Å². The fraction of sp³-hybridized carbons (Fsp3) is 0.786. The van der Waals surface area contributed by atoms with Crippen molar-refractivity contribution in [2.45, 2.75) is 70.9 Å². The van der Waals surface area contributed by atoms with Gasteiger partial charge in [0.05, 0.1) is 5.69 Å². The van der Waals surface area contributed by atoms with Gasteiger partial charge in [-0.15, -0.1) is 0 Å². The summed E-state index contributed by atoms with van der Waals surface area (Å²) in [5.74, 6) is 0. The Balaban J connectivity index is 3.50. The number of rotatable bonds is 4. The lowest BCUT2D eigenvalue weighted by Crippen LogP contribution is -2.42. The highest BCUT2D eigenvalue weighted by Crippen LogP contribution is 2.30. The van der Waals surface area contributed by atoms with Crippen molar-refractivity contribution in [2.75, 3.05) is 0 Å². The largest absolute Gasteiger partial charge is 0.274 e. The maximum atomic E-state index is 13.0. The number of aromatic nitrogens is 2. The zero-order valence-corrected chi connectivity index (χ0v) is 14.6. The summed E-state index contributed by atoms with van der Waals surface area (Å²) in [6.07, 6.45) is 1.60. The molecule has 20 heavy (non-hydrogen) atoms. The van der Waals surface area contributed by atoms with E-state index in [1.807, 2.05) is 48.5 Å². The van der Waals surface area contributed by atoms with Gasteiger partial charge in [-0.2, -0.15) is 9.40 Å². The van der Waals surface area contributed by atoms with Crippen molar-refractivity contribution >= 4 is 10.0 Å². The molecule has 0 unspecified atom stereocenters. The van der Waals surface area contributed by atoms with Crippen LogP contribution in [-0.4, -0.2) is 34.6 Å². The maximum Gasteiger partial charge on any atom is 0.246 e. The van der Waals surface area contributed by atoms with Gasteiger partial charge < -0.3 is 0 Å². The van der Waals surface area contributed by atoms with E-state index >= 15 is 0 Å². The van der Waals surface area contributed by atoms with Gasteiger partial charge in [0.15, 0.2) is 0 Å². The molecule has 5 nitrogen and oxygen atoms in total. The highest BCUT2D eigenvalue weighted by Gasteiger charge is 2.36. The molecular weight excluding hydrogens is 274 g/mol. The second-order valence-corrected chi connectivity index (χ2v) is 8.60. The van der Waals surface area contributed by atoms with Crippen LogP contribution in [0.2, 0.25) is 0 Å². The standard InChI is InChI=1S/C14H27N3O2S/c1-10(2)17(11(3)4)20(18,19)12-9-16(8)15-13(12)14(5,6)7/h9-11H,1-8H3. The summed E-state index contributed by atoms with van der Waals surface area (Å²) in [5.41, 5.74) is 0.301. The van der Waals surface area contributed by atoms with Crippen LogP contribution in [0.4, 0.5) is 0 Å². The van der Waals surface area contributed by atoms with E-state index in [1.54, 1.807) is 22.2 Å². The topological polar surface area (TPSA) is 55.2 Å². The van der Waals surface area contributed by atoms with Gasteiger partial charge >= 0.3 is 0 Å². The van der Waals surface area contributed by atoms with Gasteiger partial charge in [0, 0.05) is 30.7 Å². The third-order valence-electron chi connectivity index (χ3n) is 3.08. The summed E-state index contributed by atoms with van der Waals surface area (Å²) in [6, 6.07) is -0.180. The highest BCUT2D eigenvalue weighted by molar-refractivity contribution is 7.89. The predicted molar refractivity (Wildman–Crippen MR) is 81.2 cm³/mol. The zero-order valence-electron chi connectivity index (χ0n) is 13.8. The Hall–Kier alpha value is -0.880. The van der Waals surface area contributed by atoms with Crippen LogP contribution >= 0.6 is 0 Å². The second-order valence-electron chi connectivity index (χ2n) is 6.79. The average Bonchev–Trinajstić information content (AvgIpc) is 2.58. The van der Waals surface area contributed by atoms with Crippen LogP contribution in [0.5, 0.6) is 0 Å². The average molecular weight is 301 g/mol. The van der Waals surface area contributed by atoms with Crippen molar-refractivity contribution in [3.05, 3.63) is 11.9 Å². The molecule has 1 aromatic rings. The first-order valence-corrected chi connectivity index (χ1v) is 8.40. The van der Waals surface area contributed by atoms with Gasteiger partial charge in [-0.1, -0.05) is 20.8 Å². The van der Waals surface area contributed by atoms with Crippen LogP contribution in [-0.2, 0) is 22.5 Å². The minimum absolute atomic E-state index is 0.0898. The first-order valence-electron chi connectivity index (χ1n) is 6.96. The van der Waals surface area contributed by atoms with Crippen LogP contribution in [0.3, 0.4) is 0 Å². The maximum absolute atomic E-state index is 13.0. The van der Waals surface area contributed by atoms with Crippen molar-refractivity contribution in [1.29, 1.82) is 0 Å². The number of aryl methyl sites for hydroxylation is 1. The molecule has 116 valence electrons. The molecule has 0 aliphatic heterocycles. The van der Waals surface area contributed by atoms with E-state index in [-0.39, 0.29) is 17.5 Å². The molecule has 0 atom stereocenters. The quantitative estimate of drug-likeness (QED) is 0.858. The van der Waals surface area contributed by atoms with E-state index in [0.717, 1.165) is 0 Å². The fourth-order valence-corrected chi connectivity index (χ4v) is 4.65. The molecule has 0 aliphatic carbocycles. The van der Waals surface area contributed by atoms with E-state index < -0.39 is 10.0 Å². The minimum atomic E-state index is -3.54. The molecule has 0 aromatic carbocycles. The molecule has 0 radical (unpaired) electrons. The Morgan fingerprint density at radius 3 is 1.95 bits per heavy atom. The molecule has 0 N–H and O–H groups in total. The lowest BCUT2D eigenvalue weighted by atomic mass is 9.92. The Kier molecular flexibility index (Phi) is 4.71. The lowest BCUT2D eigenvalue weighted by Gasteiger charge is -2.30. The van der Waals surface area contributed by atoms with Gasteiger partial charge in [0.1, 0.15) is 4.90 Å². The normalized spacial score (nSPS) is 13.8. The molecule has 0 fully saturated rings. The third-order valence-corrected chi connectivity index (χ3v) is 5.33. The minimum Gasteiger partial charge on any atom is -0.274 e. The molecular formula is C14H27N3O2S. The summed E-state index contributed by atoms with van der Waals surface area (Å²) in [6.45, 7) is 13.5. The summed E-state index contributed by atoms with van der Waals surface area (Å²) in [5, 5.41) is 4.36. The van der Waals surface area contributed by atoms with E-state index in [4.69, 9.17) is 0 Å². The Morgan fingerprint density at radius 1 is 1.15 bits per heavy atom. The third kappa shape index (κ3) is 3.23. The molecule has 1 heterocycles. The van der Waals surface area contributed by atoms with Crippen molar-refractivity contribution < 1.29 is 8.42 Å². The van der Waals surface area contributed by atoms with Gasteiger partial charge in [-0.3, -0.25) is 4.68 Å². The van der Waals surface area contributed by atoms with E-state index in [9.17, 15) is 8.42 Å². The number of sulfonamides is 1. The van der Waals surface area contributed by atoms with Crippen LogP contribution in [0.25, 0.3) is 0 Å². The van der Waals surface area contributed by atoms with Gasteiger partial charge in [-0.25, -0.2) is 8.42 Å². The number of hydrogen-bond acceptors (Lipinski definition) is 3. The number of hydrogen-bond donors (Lipinski definition) is 0. The lowest BCUT2D eigenvalue weighted by molar-refractivity contribution is 0.301. The van der Waals surface area contributed by atoms with Gasteiger partial charge in [0.25, 0.3) is 0 Å². The molecule has 1 rings (SSSR count). The summed E-state index contributed by atoms with van der Waals surface area (Å²) < 4.78 is 29.1. The second kappa shape index (κ2) is 5.48. The fourth-order valence-electron chi connectivity index (χ4n) is 2.44. The smallest absolute Gasteiger partial charge is 0.246 e. The molecule has 0 saturated carbocycles. The van der Waals surface area contributed by atoms with E-state index in [0.29, 0.717) is 10.6 Å². The molecule has 6 heteroatoms. The van der Waals surface area contributed by atoms with Crippen LogP contribution < -0.4 is 0 Å². The van der Waals surface area contributed by atoms with E-state index in [2.05, 4.69) is 5.10 Å². The Labute approximate surface area is 123 Å². The molecule has 0 saturated heterocycles. The molecule has 1 aromatic heterocycles. The molecule has 0 spiro atoms. The SMILES string of the molecule is CC(C)N(C(C)C)S(=O)(=O)c1cn(C)nc1C(C)(C)C. The van der Waals surface area contributed by atoms with Crippen molar-refractivity contribution in [3.8, 4) is 0 Å². The van der Waals surface area contributed by atoms with Crippen molar-refractivity contribution in [2.24, 2.45) is 7.05 Å². The van der Waals surface area contributed by atoms with Gasteiger partial charge in [0.2, 0.25) is 10.0 Å². The van der Waals surface area contributed by atoms with E-state index in [1.165, 1.54) is 0 Å². The van der Waals surface area contributed by atoms with Crippen LogP contribution in [0, 0.1) is 0 Å². The predicted octanol–water partition coefficient (Wildman–Crippen LogP) is 2.53. The van der Waals surface area contributed by atoms with Gasteiger partial charge in [-0.05, 0) is 27.7 Å². The first kappa shape index (κ1) is 17.2. The Morgan fingerprint density at radius 2 is 1.60 bits per heavy atom. The first-order chi connectivity index (χ1) is 8.89. The van der Waals surface area contributed by atoms with Crippen molar-refractivity contribution in [3.63, 3.8) is 0 Å².